The summed E-state index contributed by atoms with van der Waals surface area (Å²) in [6.07, 6.45) is 3.67. The highest BCUT2D eigenvalue weighted by Crippen LogP contribution is 2.26. The van der Waals surface area contributed by atoms with Crippen LogP contribution in [0.3, 0.4) is 0 Å². The van der Waals surface area contributed by atoms with E-state index in [0.717, 1.165) is 31.7 Å². The lowest BCUT2D eigenvalue weighted by Crippen LogP contribution is -2.44. The van der Waals surface area contributed by atoms with Gasteiger partial charge in [-0.25, -0.2) is 9.37 Å². The van der Waals surface area contributed by atoms with Crippen LogP contribution in [0.15, 0.2) is 71.5 Å². The SMILES string of the molecule is CCN(CC)CC(=O)Nc1ccc(/C=C/c2nc3cc(N4CCN(C)CC4)c(F)cc3c(=O)n2-c2ccccc2)cc1. The van der Waals surface area contributed by atoms with Gasteiger partial charge in [0.15, 0.2) is 0 Å². The number of fused-ring (bicyclic) bond motifs is 1. The molecule has 5 rings (SSSR count). The summed E-state index contributed by atoms with van der Waals surface area (Å²) >= 11 is 0. The predicted octanol–water partition coefficient (Wildman–Crippen LogP) is 4.73. The fourth-order valence-corrected chi connectivity index (χ4v) is 5.14. The van der Waals surface area contributed by atoms with E-state index < -0.39 is 5.82 Å². The molecule has 1 N–H and O–H groups in total. The summed E-state index contributed by atoms with van der Waals surface area (Å²) in [6.45, 7) is 9.14. The Kier molecular flexibility index (Phi) is 9.09. The number of halogens is 1. The largest absolute Gasteiger partial charge is 0.367 e. The fraction of sp³-hybridized carbons (Fsp3) is 0.303. The molecular weight excluding hydrogens is 531 g/mol. The summed E-state index contributed by atoms with van der Waals surface area (Å²) in [5, 5.41) is 3.17. The van der Waals surface area contributed by atoms with E-state index in [2.05, 4.69) is 22.2 Å². The van der Waals surface area contributed by atoms with Gasteiger partial charge in [0.25, 0.3) is 5.56 Å². The smallest absolute Gasteiger partial charge is 0.266 e. The van der Waals surface area contributed by atoms with Crippen LogP contribution in [0.1, 0.15) is 25.2 Å². The van der Waals surface area contributed by atoms with Crippen LogP contribution in [0.2, 0.25) is 0 Å². The van der Waals surface area contributed by atoms with E-state index in [1.54, 1.807) is 12.1 Å². The molecular formula is C33H37FN6O2. The van der Waals surface area contributed by atoms with Crippen LogP contribution in [-0.2, 0) is 4.79 Å². The number of carbonyl (C=O) groups is 1. The first-order valence-electron chi connectivity index (χ1n) is 14.4. The maximum absolute atomic E-state index is 15.3. The summed E-state index contributed by atoms with van der Waals surface area (Å²) in [4.78, 5) is 37.3. The van der Waals surface area contributed by atoms with Crippen LogP contribution in [0, 0.1) is 5.82 Å². The highest BCUT2D eigenvalue weighted by atomic mass is 19.1. The molecule has 1 fully saturated rings. The number of nitrogens with one attached hydrogen (secondary N) is 1. The number of anilines is 2. The molecule has 3 aromatic carbocycles. The second-order valence-electron chi connectivity index (χ2n) is 10.5. The minimum Gasteiger partial charge on any atom is -0.367 e. The first-order valence-corrected chi connectivity index (χ1v) is 14.4. The maximum Gasteiger partial charge on any atom is 0.266 e. The molecule has 8 nitrogen and oxygen atoms in total. The molecule has 0 radical (unpaired) electrons. The molecule has 0 unspecified atom stereocenters. The van der Waals surface area contributed by atoms with Gasteiger partial charge in [0.1, 0.15) is 11.6 Å². The van der Waals surface area contributed by atoms with E-state index >= 15 is 4.39 Å². The van der Waals surface area contributed by atoms with Crippen molar-refractivity contribution >= 4 is 40.3 Å². The average Bonchev–Trinajstić information content (AvgIpc) is 3.00. The molecule has 0 aliphatic carbocycles. The zero-order chi connectivity index (χ0) is 29.6. The maximum atomic E-state index is 15.3. The monoisotopic (exact) mass is 568 g/mol. The van der Waals surface area contributed by atoms with E-state index in [9.17, 15) is 9.59 Å². The fourth-order valence-electron chi connectivity index (χ4n) is 5.14. The third kappa shape index (κ3) is 6.58. The number of nitrogens with zero attached hydrogens (tertiary/aromatic N) is 5. The Balaban J connectivity index is 1.47. The van der Waals surface area contributed by atoms with Gasteiger partial charge in [0.2, 0.25) is 5.91 Å². The van der Waals surface area contributed by atoms with Gasteiger partial charge in [0, 0.05) is 31.9 Å². The minimum absolute atomic E-state index is 0.0541. The van der Waals surface area contributed by atoms with Gasteiger partial charge in [-0.1, -0.05) is 50.3 Å². The summed E-state index contributed by atoms with van der Waals surface area (Å²) in [5.74, 6) is -0.0361. The summed E-state index contributed by atoms with van der Waals surface area (Å²) in [7, 11) is 2.05. The number of carbonyl (C=O) groups excluding carboxylic acids is 1. The Bertz CT molecular complexity index is 1620. The van der Waals surface area contributed by atoms with Gasteiger partial charge in [-0.05, 0) is 68.2 Å². The normalized spacial score (nSPS) is 14.3. The molecule has 1 amide bonds. The Morgan fingerprint density at radius 2 is 1.67 bits per heavy atom. The topological polar surface area (TPSA) is 73.7 Å². The number of piperazine rings is 1. The number of benzene rings is 3. The zero-order valence-electron chi connectivity index (χ0n) is 24.4. The molecule has 218 valence electrons. The Morgan fingerprint density at radius 1 is 0.976 bits per heavy atom. The molecule has 42 heavy (non-hydrogen) atoms. The average molecular weight is 569 g/mol. The number of aromatic nitrogens is 2. The van der Waals surface area contributed by atoms with E-state index in [1.165, 1.54) is 10.6 Å². The van der Waals surface area contributed by atoms with Gasteiger partial charge in [0.05, 0.1) is 28.8 Å². The number of hydrogen-bond donors (Lipinski definition) is 1. The van der Waals surface area contributed by atoms with Crippen LogP contribution in [0.4, 0.5) is 15.8 Å². The minimum atomic E-state index is -0.418. The number of likely N-dealkylation sites (N-methyl/N-ethyl adjacent to an activating group) is 2. The third-order valence-electron chi connectivity index (χ3n) is 7.70. The van der Waals surface area contributed by atoms with Gasteiger partial charge in [-0.15, -0.1) is 0 Å². The molecule has 0 spiro atoms. The number of para-hydroxylation sites is 1. The first-order chi connectivity index (χ1) is 20.4. The first kappa shape index (κ1) is 29.2. The summed E-state index contributed by atoms with van der Waals surface area (Å²) in [5.41, 5.74) is 2.82. The molecule has 1 saturated heterocycles. The van der Waals surface area contributed by atoms with Crippen molar-refractivity contribution in [2.75, 3.05) is 63.1 Å². The predicted molar refractivity (Wildman–Crippen MR) is 169 cm³/mol. The third-order valence-corrected chi connectivity index (χ3v) is 7.70. The van der Waals surface area contributed by atoms with Crippen LogP contribution < -0.4 is 15.8 Å². The van der Waals surface area contributed by atoms with E-state index in [4.69, 9.17) is 4.98 Å². The Morgan fingerprint density at radius 3 is 2.33 bits per heavy atom. The lowest BCUT2D eigenvalue weighted by molar-refractivity contribution is -0.117. The van der Waals surface area contributed by atoms with Crippen molar-refractivity contribution in [1.82, 2.24) is 19.4 Å². The van der Waals surface area contributed by atoms with Gasteiger partial charge < -0.3 is 15.1 Å². The lowest BCUT2D eigenvalue weighted by atomic mass is 10.1. The molecule has 1 aromatic heterocycles. The molecule has 1 aliphatic heterocycles. The van der Waals surface area contributed by atoms with Crippen LogP contribution in [0.25, 0.3) is 28.7 Å². The van der Waals surface area contributed by atoms with Crippen molar-refractivity contribution in [3.8, 4) is 5.69 Å². The molecule has 0 atom stereocenters. The van der Waals surface area contributed by atoms with E-state index in [0.29, 0.717) is 48.0 Å². The van der Waals surface area contributed by atoms with Crippen LogP contribution in [-0.4, -0.2) is 78.1 Å². The standard InChI is InChI=1S/C33H37FN6O2/c1-4-38(5-2)23-32(41)35-25-14-11-24(12-15-25)13-16-31-36-29-22-30(39-19-17-37(3)18-20-39)28(34)21-27(29)33(42)40(31)26-9-7-6-8-10-26/h6-16,21-22H,4-5,17-20,23H2,1-3H3,(H,35,41)/b16-13+. The quantitative estimate of drug-likeness (QED) is 0.315. The van der Waals surface area contributed by atoms with E-state index in [-0.39, 0.29) is 16.9 Å². The van der Waals surface area contributed by atoms with Gasteiger partial charge in [-0.2, -0.15) is 0 Å². The van der Waals surface area contributed by atoms with Crippen molar-refractivity contribution in [1.29, 1.82) is 0 Å². The molecule has 1 aliphatic rings. The van der Waals surface area contributed by atoms with Crippen molar-refractivity contribution in [3.63, 3.8) is 0 Å². The van der Waals surface area contributed by atoms with Gasteiger partial charge >= 0.3 is 0 Å². The second kappa shape index (κ2) is 13.1. The van der Waals surface area contributed by atoms with Crippen LogP contribution in [0.5, 0.6) is 0 Å². The lowest BCUT2D eigenvalue weighted by Gasteiger charge is -2.34. The molecule has 0 saturated carbocycles. The molecule has 9 heteroatoms. The molecule has 4 aromatic rings. The molecule has 2 heterocycles. The summed E-state index contributed by atoms with van der Waals surface area (Å²) < 4.78 is 16.8. The highest BCUT2D eigenvalue weighted by Gasteiger charge is 2.20. The number of rotatable bonds is 9. The van der Waals surface area contributed by atoms with Crippen molar-refractivity contribution in [2.24, 2.45) is 0 Å². The highest BCUT2D eigenvalue weighted by molar-refractivity contribution is 5.92. The van der Waals surface area contributed by atoms with Crippen molar-refractivity contribution < 1.29 is 9.18 Å². The summed E-state index contributed by atoms with van der Waals surface area (Å²) in [6, 6.07) is 19.8. The number of hydrogen-bond acceptors (Lipinski definition) is 6. The Labute approximate surface area is 245 Å². The van der Waals surface area contributed by atoms with E-state index in [1.807, 2.05) is 79.4 Å². The second-order valence-corrected chi connectivity index (χ2v) is 10.5. The van der Waals surface area contributed by atoms with Crippen molar-refractivity contribution in [3.05, 3.63) is 94.3 Å². The molecule has 0 bridgehead atoms. The number of amides is 1. The van der Waals surface area contributed by atoms with Crippen LogP contribution >= 0.6 is 0 Å². The Hall–Kier alpha value is -4.34. The zero-order valence-corrected chi connectivity index (χ0v) is 24.4. The van der Waals surface area contributed by atoms with Gasteiger partial charge in [-0.3, -0.25) is 19.1 Å². The van der Waals surface area contributed by atoms with Crippen molar-refractivity contribution in [2.45, 2.75) is 13.8 Å².